The van der Waals surface area contributed by atoms with Gasteiger partial charge < -0.3 is 4.84 Å². The Bertz CT molecular complexity index is 78.0. The standard InChI is InChI=1S/C7H19NOSi/c1-4-5-6-8(10)9-7(2)3/h7H,4-6H2,1-3,10H3. The number of unbranched alkanes of at least 4 members (excludes halogenated alkanes) is 1. The summed E-state index contributed by atoms with van der Waals surface area (Å²) in [6.45, 7) is 7.43. The van der Waals surface area contributed by atoms with E-state index in [1.54, 1.807) is 0 Å². The van der Waals surface area contributed by atoms with Crippen LogP contribution in [0.1, 0.15) is 33.6 Å². The number of hydroxylamine groups is 1. The quantitative estimate of drug-likeness (QED) is 0.435. The molecule has 2 nitrogen and oxygen atoms in total. The van der Waals surface area contributed by atoms with Gasteiger partial charge in [-0.15, -0.1) is 0 Å². The Morgan fingerprint density at radius 1 is 1.50 bits per heavy atom. The molecule has 3 heteroatoms. The third-order valence-corrected chi connectivity index (χ3v) is 1.88. The molecule has 0 fully saturated rings. The molecular formula is C7H19NOSi. The van der Waals surface area contributed by atoms with E-state index >= 15 is 0 Å². The minimum Gasteiger partial charge on any atom is -0.304 e. The summed E-state index contributed by atoms with van der Waals surface area (Å²) in [4.78, 5) is 5.45. The second-order valence-electron chi connectivity index (χ2n) is 2.86. The number of hydrogen-bond acceptors (Lipinski definition) is 2. The van der Waals surface area contributed by atoms with Gasteiger partial charge in [-0.2, -0.15) is 0 Å². The second kappa shape index (κ2) is 5.89. The fraction of sp³-hybridized carbons (Fsp3) is 1.00. The van der Waals surface area contributed by atoms with Gasteiger partial charge in [0.15, 0.2) is 0 Å². The molecule has 0 unspecified atom stereocenters. The molecule has 0 saturated heterocycles. The third kappa shape index (κ3) is 6.26. The monoisotopic (exact) mass is 161 g/mol. The molecular weight excluding hydrogens is 142 g/mol. The Balaban J connectivity index is 3.16. The van der Waals surface area contributed by atoms with Gasteiger partial charge in [0.25, 0.3) is 0 Å². The fourth-order valence-electron chi connectivity index (χ4n) is 0.793. The van der Waals surface area contributed by atoms with Crippen LogP contribution in [0, 0.1) is 0 Å². The molecule has 0 aliphatic carbocycles. The van der Waals surface area contributed by atoms with Crippen LogP contribution in [0.4, 0.5) is 0 Å². The van der Waals surface area contributed by atoms with Crippen molar-refractivity contribution in [2.75, 3.05) is 6.54 Å². The molecule has 0 heterocycles. The first-order chi connectivity index (χ1) is 4.66. The highest BCUT2D eigenvalue weighted by molar-refractivity contribution is 6.03. The predicted molar refractivity (Wildman–Crippen MR) is 47.8 cm³/mol. The van der Waals surface area contributed by atoms with Crippen LogP contribution in [0.25, 0.3) is 0 Å². The van der Waals surface area contributed by atoms with Crippen molar-refractivity contribution in [1.29, 1.82) is 0 Å². The van der Waals surface area contributed by atoms with Crippen LogP contribution in [-0.4, -0.2) is 27.8 Å². The first kappa shape index (κ1) is 10.1. The predicted octanol–water partition coefficient (Wildman–Crippen LogP) is 0.709. The van der Waals surface area contributed by atoms with Crippen molar-refractivity contribution in [2.24, 2.45) is 0 Å². The Labute approximate surface area is 67.0 Å². The maximum atomic E-state index is 5.45. The van der Waals surface area contributed by atoms with Gasteiger partial charge in [0, 0.05) is 6.54 Å². The molecule has 0 aromatic rings. The summed E-state index contributed by atoms with van der Waals surface area (Å²) in [5, 5.41) is 0. The average Bonchev–Trinajstić information content (AvgIpc) is 1.82. The lowest BCUT2D eigenvalue weighted by atomic mass is 10.3. The van der Waals surface area contributed by atoms with E-state index in [-0.39, 0.29) is 0 Å². The Morgan fingerprint density at radius 2 is 2.10 bits per heavy atom. The SMILES string of the molecule is CCCCN([SiH3])OC(C)C. The highest BCUT2D eigenvalue weighted by Gasteiger charge is 1.98. The zero-order valence-electron chi connectivity index (χ0n) is 7.55. The van der Waals surface area contributed by atoms with Crippen LogP contribution in [0.2, 0.25) is 0 Å². The summed E-state index contributed by atoms with van der Waals surface area (Å²) < 4.78 is 2.05. The first-order valence-corrected chi connectivity index (χ1v) is 4.94. The number of nitrogens with zero attached hydrogens (tertiary/aromatic N) is 1. The smallest absolute Gasteiger partial charge is 0.113 e. The molecule has 0 spiro atoms. The molecule has 0 saturated carbocycles. The lowest BCUT2D eigenvalue weighted by molar-refractivity contribution is -0.120. The van der Waals surface area contributed by atoms with Gasteiger partial charge in [0.05, 0.1) is 6.10 Å². The van der Waals surface area contributed by atoms with E-state index < -0.39 is 0 Å². The maximum Gasteiger partial charge on any atom is 0.113 e. The van der Waals surface area contributed by atoms with E-state index in [1.165, 1.54) is 12.8 Å². The molecule has 0 amide bonds. The molecule has 0 rings (SSSR count). The Kier molecular flexibility index (Phi) is 5.97. The van der Waals surface area contributed by atoms with Gasteiger partial charge >= 0.3 is 0 Å². The summed E-state index contributed by atoms with van der Waals surface area (Å²) in [5.41, 5.74) is 0. The largest absolute Gasteiger partial charge is 0.304 e. The van der Waals surface area contributed by atoms with E-state index in [0.29, 0.717) is 6.10 Å². The summed E-state index contributed by atoms with van der Waals surface area (Å²) in [6.07, 6.45) is 2.84. The first-order valence-electron chi connectivity index (χ1n) is 4.04. The second-order valence-corrected chi connectivity index (χ2v) is 3.86. The normalized spacial score (nSPS) is 11.7. The van der Waals surface area contributed by atoms with E-state index in [9.17, 15) is 0 Å². The van der Waals surface area contributed by atoms with Crippen LogP contribution in [0.15, 0.2) is 0 Å². The van der Waals surface area contributed by atoms with E-state index in [4.69, 9.17) is 4.84 Å². The summed E-state index contributed by atoms with van der Waals surface area (Å²) in [5.74, 6) is 0. The lowest BCUT2D eigenvalue weighted by Crippen LogP contribution is -2.25. The molecule has 0 N–H and O–H groups in total. The van der Waals surface area contributed by atoms with Crippen molar-refractivity contribution >= 4 is 10.4 Å². The van der Waals surface area contributed by atoms with E-state index in [1.807, 2.05) is 4.73 Å². The Morgan fingerprint density at radius 3 is 2.50 bits per heavy atom. The van der Waals surface area contributed by atoms with Gasteiger partial charge in [-0.05, 0) is 20.3 Å². The highest BCUT2D eigenvalue weighted by atomic mass is 28.2. The Hall–Kier alpha value is 0.137. The zero-order valence-corrected chi connectivity index (χ0v) is 9.55. The summed E-state index contributed by atoms with van der Waals surface area (Å²) in [6, 6.07) is 0. The van der Waals surface area contributed by atoms with E-state index in [2.05, 4.69) is 20.8 Å². The topological polar surface area (TPSA) is 12.5 Å². The molecule has 62 valence electrons. The van der Waals surface area contributed by atoms with Crippen molar-refractivity contribution < 1.29 is 4.84 Å². The van der Waals surface area contributed by atoms with Crippen molar-refractivity contribution in [1.82, 2.24) is 4.73 Å². The molecule has 0 aromatic carbocycles. The molecule has 10 heavy (non-hydrogen) atoms. The van der Waals surface area contributed by atoms with Crippen molar-refractivity contribution in [3.05, 3.63) is 0 Å². The van der Waals surface area contributed by atoms with Crippen molar-refractivity contribution in [3.8, 4) is 0 Å². The number of rotatable bonds is 5. The maximum absolute atomic E-state index is 5.45. The number of hydrogen-bond donors (Lipinski definition) is 0. The molecule has 0 aliphatic rings. The van der Waals surface area contributed by atoms with Crippen molar-refractivity contribution in [2.45, 2.75) is 39.7 Å². The lowest BCUT2D eigenvalue weighted by Gasteiger charge is -2.19. The van der Waals surface area contributed by atoms with Crippen LogP contribution in [0.5, 0.6) is 0 Å². The summed E-state index contributed by atoms with van der Waals surface area (Å²) in [7, 11) is 1.01. The zero-order chi connectivity index (χ0) is 7.98. The van der Waals surface area contributed by atoms with Gasteiger partial charge in [-0.3, -0.25) is 0 Å². The minimum absolute atomic E-state index is 0.342. The highest BCUT2D eigenvalue weighted by Crippen LogP contribution is 1.95. The van der Waals surface area contributed by atoms with Gasteiger partial charge in [0.2, 0.25) is 0 Å². The summed E-state index contributed by atoms with van der Waals surface area (Å²) >= 11 is 0. The minimum atomic E-state index is 0.342. The molecule has 0 aromatic heterocycles. The van der Waals surface area contributed by atoms with Crippen molar-refractivity contribution in [3.63, 3.8) is 0 Å². The van der Waals surface area contributed by atoms with Gasteiger partial charge in [-0.1, -0.05) is 13.3 Å². The molecule has 0 aliphatic heterocycles. The fourth-order valence-corrected chi connectivity index (χ4v) is 1.53. The van der Waals surface area contributed by atoms with Gasteiger partial charge in [0.1, 0.15) is 10.4 Å². The van der Waals surface area contributed by atoms with Crippen LogP contribution >= 0.6 is 0 Å². The molecule has 0 atom stereocenters. The molecule has 0 radical (unpaired) electrons. The molecule has 0 bridgehead atoms. The van der Waals surface area contributed by atoms with Crippen LogP contribution in [0.3, 0.4) is 0 Å². The third-order valence-electron chi connectivity index (χ3n) is 1.22. The van der Waals surface area contributed by atoms with Gasteiger partial charge in [-0.25, -0.2) is 4.73 Å². The average molecular weight is 161 g/mol. The van der Waals surface area contributed by atoms with Crippen LogP contribution in [-0.2, 0) is 4.84 Å². The van der Waals surface area contributed by atoms with E-state index in [0.717, 1.165) is 16.9 Å². The van der Waals surface area contributed by atoms with Crippen LogP contribution < -0.4 is 0 Å².